The molecule has 3 aromatic rings. The zero-order valence-corrected chi connectivity index (χ0v) is 16.5. The minimum absolute atomic E-state index is 0.0680. The van der Waals surface area contributed by atoms with Crippen LogP contribution in [0.3, 0.4) is 0 Å². The Labute approximate surface area is 168 Å². The van der Waals surface area contributed by atoms with Crippen molar-refractivity contribution < 1.29 is 13.2 Å². The largest absolute Gasteiger partial charge is 0.419 e. The van der Waals surface area contributed by atoms with Gasteiger partial charge in [-0.05, 0) is 50.2 Å². The number of rotatable bonds is 5. The molecule has 0 unspecified atom stereocenters. The van der Waals surface area contributed by atoms with Crippen LogP contribution in [0.4, 0.5) is 13.2 Å². The summed E-state index contributed by atoms with van der Waals surface area (Å²) >= 11 is 0. The topological polar surface area (TPSA) is 24.3 Å². The number of piperazine rings is 1. The van der Waals surface area contributed by atoms with Gasteiger partial charge in [0.15, 0.2) is 0 Å². The molecular formula is C22H25F3N4. The van der Waals surface area contributed by atoms with Crippen molar-refractivity contribution in [2.75, 3.05) is 39.8 Å². The lowest BCUT2D eigenvalue weighted by Gasteiger charge is -2.32. The predicted molar refractivity (Wildman–Crippen MR) is 108 cm³/mol. The summed E-state index contributed by atoms with van der Waals surface area (Å²) < 4.78 is 42.1. The van der Waals surface area contributed by atoms with Crippen LogP contribution in [0.2, 0.25) is 0 Å². The Bertz CT molecular complexity index is 972. The van der Waals surface area contributed by atoms with E-state index in [1.54, 1.807) is 4.57 Å². The van der Waals surface area contributed by atoms with Crippen LogP contribution in [0, 0.1) is 0 Å². The normalized spacial score (nSPS) is 16.6. The summed E-state index contributed by atoms with van der Waals surface area (Å²) in [5, 5.41) is 0.990. The Kier molecular flexibility index (Phi) is 5.61. The van der Waals surface area contributed by atoms with E-state index in [0.717, 1.165) is 68.1 Å². The molecule has 0 saturated carbocycles. The van der Waals surface area contributed by atoms with Crippen molar-refractivity contribution in [2.24, 2.45) is 0 Å². The minimum Gasteiger partial charge on any atom is -0.304 e. The summed E-state index contributed by atoms with van der Waals surface area (Å²) in [6, 6.07) is 10.0. The molecule has 1 saturated heterocycles. The average Bonchev–Trinajstić information content (AvgIpc) is 3.08. The van der Waals surface area contributed by atoms with Crippen molar-refractivity contribution in [1.29, 1.82) is 0 Å². The van der Waals surface area contributed by atoms with Crippen molar-refractivity contribution in [3.63, 3.8) is 0 Å². The number of likely N-dealkylation sites (N-methyl/N-ethyl adjacent to an activating group) is 1. The van der Waals surface area contributed by atoms with Crippen molar-refractivity contribution >= 4 is 10.9 Å². The number of aryl methyl sites for hydroxylation is 1. The zero-order chi connectivity index (χ0) is 20.4. The lowest BCUT2D eigenvalue weighted by molar-refractivity contribution is -0.137. The molecule has 4 rings (SSSR count). The Morgan fingerprint density at radius 3 is 2.52 bits per heavy atom. The smallest absolute Gasteiger partial charge is 0.304 e. The molecule has 0 aliphatic carbocycles. The first kappa shape index (κ1) is 19.9. The van der Waals surface area contributed by atoms with Gasteiger partial charge in [0.25, 0.3) is 0 Å². The number of halogens is 3. The molecule has 1 aliphatic rings. The fraction of sp³-hybridized carbons (Fsp3) is 0.409. The predicted octanol–water partition coefficient (Wildman–Crippen LogP) is 4.22. The van der Waals surface area contributed by atoms with Gasteiger partial charge in [0.2, 0.25) is 0 Å². The molecule has 1 fully saturated rings. The van der Waals surface area contributed by atoms with Crippen molar-refractivity contribution in [3.05, 3.63) is 59.9 Å². The number of para-hydroxylation sites is 1. The first-order chi connectivity index (χ1) is 13.9. The molecule has 4 nitrogen and oxygen atoms in total. The minimum atomic E-state index is -4.45. The van der Waals surface area contributed by atoms with Crippen molar-refractivity contribution in [3.8, 4) is 5.82 Å². The van der Waals surface area contributed by atoms with Gasteiger partial charge in [0, 0.05) is 44.0 Å². The summed E-state index contributed by atoms with van der Waals surface area (Å²) in [6.07, 6.45) is 0.593. The van der Waals surface area contributed by atoms with Gasteiger partial charge in [-0.15, -0.1) is 0 Å². The lowest BCUT2D eigenvalue weighted by atomic mass is 10.1. The lowest BCUT2D eigenvalue weighted by Crippen LogP contribution is -2.44. The van der Waals surface area contributed by atoms with Crippen molar-refractivity contribution in [2.45, 2.75) is 19.0 Å². The second kappa shape index (κ2) is 8.16. The number of fused-ring (bicyclic) bond motifs is 1. The third kappa shape index (κ3) is 4.31. The number of alkyl halides is 3. The molecule has 29 heavy (non-hydrogen) atoms. The number of benzene rings is 1. The zero-order valence-electron chi connectivity index (χ0n) is 16.5. The van der Waals surface area contributed by atoms with Gasteiger partial charge in [0.1, 0.15) is 5.82 Å². The van der Waals surface area contributed by atoms with E-state index < -0.39 is 11.7 Å². The number of pyridine rings is 1. The fourth-order valence-corrected chi connectivity index (χ4v) is 4.00. The molecule has 0 N–H and O–H groups in total. The van der Waals surface area contributed by atoms with E-state index in [9.17, 15) is 13.2 Å². The monoisotopic (exact) mass is 402 g/mol. The van der Waals surface area contributed by atoms with Crippen LogP contribution >= 0.6 is 0 Å². The maximum Gasteiger partial charge on any atom is 0.419 e. The van der Waals surface area contributed by atoms with Crippen LogP contribution in [0.15, 0.2) is 48.8 Å². The molecular weight excluding hydrogens is 377 g/mol. The van der Waals surface area contributed by atoms with Crippen LogP contribution in [-0.4, -0.2) is 59.1 Å². The molecule has 0 amide bonds. The summed E-state index contributed by atoms with van der Waals surface area (Å²) in [5.74, 6) is -0.0680. The molecule has 0 spiro atoms. The maximum atomic E-state index is 13.5. The van der Waals surface area contributed by atoms with Crippen LogP contribution in [-0.2, 0) is 12.6 Å². The highest BCUT2D eigenvalue weighted by molar-refractivity contribution is 5.85. The number of hydrogen-bond acceptors (Lipinski definition) is 3. The summed E-state index contributed by atoms with van der Waals surface area (Å²) in [6.45, 7) is 5.31. The number of hydrogen-bond donors (Lipinski definition) is 0. The Morgan fingerprint density at radius 2 is 1.76 bits per heavy atom. The molecule has 2 aromatic heterocycles. The summed E-state index contributed by atoms with van der Waals surface area (Å²) in [5.41, 5.74) is 1.10. The van der Waals surface area contributed by atoms with E-state index in [1.165, 1.54) is 12.3 Å². The first-order valence-corrected chi connectivity index (χ1v) is 9.96. The molecule has 7 heteroatoms. The molecule has 1 aliphatic heterocycles. The van der Waals surface area contributed by atoms with Gasteiger partial charge in [0.05, 0.1) is 11.1 Å². The van der Waals surface area contributed by atoms with E-state index >= 15 is 0 Å². The molecule has 1 aromatic carbocycles. The quantitative estimate of drug-likeness (QED) is 0.639. The highest BCUT2D eigenvalue weighted by Gasteiger charge is 2.35. The molecule has 0 bridgehead atoms. The third-order valence-electron chi connectivity index (χ3n) is 5.63. The van der Waals surface area contributed by atoms with Gasteiger partial charge >= 0.3 is 6.18 Å². The van der Waals surface area contributed by atoms with Gasteiger partial charge < -0.3 is 14.4 Å². The van der Waals surface area contributed by atoms with Gasteiger partial charge in [-0.3, -0.25) is 0 Å². The molecule has 3 heterocycles. The van der Waals surface area contributed by atoms with E-state index in [1.807, 2.05) is 30.5 Å². The highest BCUT2D eigenvalue weighted by Crippen LogP contribution is 2.35. The van der Waals surface area contributed by atoms with E-state index in [0.29, 0.717) is 0 Å². The van der Waals surface area contributed by atoms with Crippen molar-refractivity contribution in [1.82, 2.24) is 19.4 Å². The fourth-order valence-electron chi connectivity index (χ4n) is 4.00. The first-order valence-electron chi connectivity index (χ1n) is 9.96. The third-order valence-corrected chi connectivity index (χ3v) is 5.63. The van der Waals surface area contributed by atoms with Crippen LogP contribution in [0.25, 0.3) is 16.7 Å². The Morgan fingerprint density at radius 1 is 1.00 bits per heavy atom. The molecule has 154 valence electrons. The van der Waals surface area contributed by atoms with Crippen LogP contribution in [0.5, 0.6) is 0 Å². The van der Waals surface area contributed by atoms with E-state index in [4.69, 9.17) is 0 Å². The van der Waals surface area contributed by atoms with Crippen LogP contribution < -0.4 is 0 Å². The highest BCUT2D eigenvalue weighted by atomic mass is 19.4. The Balaban J connectivity index is 1.60. The molecule has 0 atom stereocenters. The van der Waals surface area contributed by atoms with E-state index in [2.05, 4.69) is 21.8 Å². The molecule has 0 radical (unpaired) electrons. The van der Waals surface area contributed by atoms with Gasteiger partial charge in [-0.2, -0.15) is 13.2 Å². The number of aromatic nitrogens is 2. The number of nitrogens with zero attached hydrogens (tertiary/aromatic N) is 4. The average molecular weight is 402 g/mol. The second-order valence-corrected chi connectivity index (χ2v) is 7.66. The summed E-state index contributed by atoms with van der Waals surface area (Å²) in [4.78, 5) is 8.86. The Hall–Kier alpha value is -2.38. The summed E-state index contributed by atoms with van der Waals surface area (Å²) in [7, 11) is 2.14. The SMILES string of the molecule is CN1CCN(CCCc2cn(-c3ncccc3C(F)(F)F)c3ccccc23)CC1. The standard InChI is InChI=1S/C22H25F3N4/c1-27-12-14-28(15-13-27)11-5-6-17-16-29(20-9-3-2-7-18(17)20)21-19(22(23,24)25)8-4-10-26-21/h2-4,7-10,16H,5-6,11-15H2,1H3. The van der Waals surface area contributed by atoms with Crippen LogP contribution in [0.1, 0.15) is 17.5 Å². The maximum absolute atomic E-state index is 13.5. The van der Waals surface area contributed by atoms with Gasteiger partial charge in [-0.1, -0.05) is 18.2 Å². The second-order valence-electron chi connectivity index (χ2n) is 7.66. The van der Waals surface area contributed by atoms with Gasteiger partial charge in [-0.25, -0.2) is 4.98 Å². The van der Waals surface area contributed by atoms with E-state index in [-0.39, 0.29) is 5.82 Å².